The average Bonchev–Trinajstić information content (AvgIpc) is 2.54. The lowest BCUT2D eigenvalue weighted by atomic mass is 10.0. The van der Waals surface area contributed by atoms with Crippen molar-refractivity contribution in [1.29, 1.82) is 0 Å². The first-order valence-electron chi connectivity index (χ1n) is 9.16. The first-order chi connectivity index (χ1) is 10.8. The number of esters is 1. The van der Waals surface area contributed by atoms with Gasteiger partial charge in [0.25, 0.3) is 0 Å². The van der Waals surface area contributed by atoms with Crippen LogP contribution >= 0.6 is 0 Å². The summed E-state index contributed by atoms with van der Waals surface area (Å²) in [6.07, 6.45) is 24.7. The monoisotopic (exact) mass is 308 g/mol. The molecule has 22 heavy (non-hydrogen) atoms. The Balaban J connectivity index is 3.07. The molecule has 0 rings (SSSR count). The number of hydrogen-bond acceptors (Lipinski definition) is 2. The molecule has 0 fully saturated rings. The van der Waals surface area contributed by atoms with Crippen LogP contribution in [0.1, 0.15) is 90.4 Å². The highest BCUT2D eigenvalue weighted by Crippen LogP contribution is 2.12. The number of rotatable bonds is 15. The molecule has 0 aromatic carbocycles. The van der Waals surface area contributed by atoms with Gasteiger partial charge >= 0.3 is 5.97 Å². The Morgan fingerprint density at radius 1 is 0.773 bits per heavy atom. The summed E-state index contributed by atoms with van der Waals surface area (Å²) in [5.41, 5.74) is 0. The molecular weight excluding hydrogens is 272 g/mol. The second kappa shape index (κ2) is 18.0. The standard InChI is InChI=1S/C20H36O2/c1-3-4-5-6-7-8-9-10-11-12-13-14-15-16-17-18-19-20(21)22-2/h3-6H,7-19H2,1-2H3/b4-3+,6-5+. The number of allylic oxidation sites excluding steroid dienone is 4. The lowest BCUT2D eigenvalue weighted by Crippen LogP contribution is -1.99. The Labute approximate surface area is 138 Å². The van der Waals surface area contributed by atoms with E-state index in [1.165, 1.54) is 71.3 Å². The predicted molar refractivity (Wildman–Crippen MR) is 96.0 cm³/mol. The zero-order valence-corrected chi connectivity index (χ0v) is 14.8. The van der Waals surface area contributed by atoms with Crippen LogP contribution in [-0.2, 0) is 9.53 Å². The number of carbonyl (C=O) groups excluding carboxylic acids is 1. The number of carbonyl (C=O) groups is 1. The zero-order valence-electron chi connectivity index (χ0n) is 14.8. The fourth-order valence-electron chi connectivity index (χ4n) is 2.51. The van der Waals surface area contributed by atoms with E-state index in [0.29, 0.717) is 6.42 Å². The molecule has 0 aliphatic heterocycles. The van der Waals surface area contributed by atoms with Crippen molar-refractivity contribution >= 4 is 5.97 Å². The third kappa shape index (κ3) is 17.0. The Kier molecular flexibility index (Phi) is 17.1. The van der Waals surface area contributed by atoms with Crippen LogP contribution in [0.25, 0.3) is 0 Å². The van der Waals surface area contributed by atoms with Gasteiger partial charge in [0, 0.05) is 6.42 Å². The molecule has 0 aliphatic rings. The molecule has 0 aromatic rings. The largest absolute Gasteiger partial charge is 0.469 e. The van der Waals surface area contributed by atoms with Crippen molar-refractivity contribution in [3.05, 3.63) is 24.3 Å². The van der Waals surface area contributed by atoms with Crippen LogP contribution in [0.15, 0.2) is 24.3 Å². The van der Waals surface area contributed by atoms with E-state index in [0.717, 1.165) is 12.8 Å². The maximum absolute atomic E-state index is 10.9. The molecule has 0 aromatic heterocycles. The quantitative estimate of drug-likeness (QED) is 0.200. The maximum atomic E-state index is 10.9. The Morgan fingerprint density at radius 3 is 1.77 bits per heavy atom. The van der Waals surface area contributed by atoms with E-state index in [-0.39, 0.29) is 5.97 Å². The summed E-state index contributed by atoms with van der Waals surface area (Å²) in [5, 5.41) is 0. The van der Waals surface area contributed by atoms with Crippen molar-refractivity contribution in [2.45, 2.75) is 90.4 Å². The molecule has 0 saturated heterocycles. The molecule has 2 nitrogen and oxygen atoms in total. The topological polar surface area (TPSA) is 26.3 Å². The van der Waals surface area contributed by atoms with E-state index < -0.39 is 0 Å². The first kappa shape index (κ1) is 20.9. The minimum absolute atomic E-state index is 0.0719. The van der Waals surface area contributed by atoms with Gasteiger partial charge in [-0.2, -0.15) is 0 Å². The number of methoxy groups -OCH3 is 1. The second-order valence-corrected chi connectivity index (χ2v) is 5.96. The number of unbranched alkanes of at least 4 members (excludes halogenated alkanes) is 11. The Bertz CT molecular complexity index is 292. The first-order valence-corrected chi connectivity index (χ1v) is 9.16. The van der Waals surface area contributed by atoms with Gasteiger partial charge in [0.1, 0.15) is 0 Å². The third-order valence-electron chi connectivity index (χ3n) is 3.92. The minimum atomic E-state index is -0.0719. The van der Waals surface area contributed by atoms with Crippen molar-refractivity contribution in [1.82, 2.24) is 0 Å². The Morgan fingerprint density at radius 2 is 1.27 bits per heavy atom. The maximum Gasteiger partial charge on any atom is 0.305 e. The summed E-state index contributed by atoms with van der Waals surface area (Å²) >= 11 is 0. The normalized spacial score (nSPS) is 11.5. The van der Waals surface area contributed by atoms with Crippen molar-refractivity contribution in [3.63, 3.8) is 0 Å². The highest BCUT2D eigenvalue weighted by atomic mass is 16.5. The molecule has 128 valence electrons. The molecule has 2 heteroatoms. The number of ether oxygens (including phenoxy) is 1. The van der Waals surface area contributed by atoms with E-state index in [1.807, 2.05) is 6.92 Å². The van der Waals surface area contributed by atoms with Crippen molar-refractivity contribution in [2.75, 3.05) is 7.11 Å². The van der Waals surface area contributed by atoms with Gasteiger partial charge < -0.3 is 4.74 Å². The molecule has 0 N–H and O–H groups in total. The summed E-state index contributed by atoms with van der Waals surface area (Å²) in [5.74, 6) is -0.0719. The van der Waals surface area contributed by atoms with Crippen molar-refractivity contribution in [2.24, 2.45) is 0 Å². The van der Waals surface area contributed by atoms with Gasteiger partial charge in [-0.1, -0.05) is 82.1 Å². The SMILES string of the molecule is C/C=C/C=C/CCCCCCCCCCCCCC(=O)OC. The molecule has 0 radical (unpaired) electrons. The van der Waals surface area contributed by atoms with Crippen LogP contribution in [0.4, 0.5) is 0 Å². The summed E-state index contributed by atoms with van der Waals surface area (Å²) < 4.78 is 4.63. The third-order valence-corrected chi connectivity index (χ3v) is 3.92. The van der Waals surface area contributed by atoms with Gasteiger partial charge in [-0.3, -0.25) is 4.79 Å². The summed E-state index contributed by atoms with van der Waals surface area (Å²) in [7, 11) is 1.46. The summed E-state index contributed by atoms with van der Waals surface area (Å²) in [4.78, 5) is 10.9. The van der Waals surface area contributed by atoms with Crippen LogP contribution < -0.4 is 0 Å². The second-order valence-electron chi connectivity index (χ2n) is 5.96. The van der Waals surface area contributed by atoms with E-state index in [4.69, 9.17) is 0 Å². The van der Waals surface area contributed by atoms with Gasteiger partial charge in [0.2, 0.25) is 0 Å². The van der Waals surface area contributed by atoms with E-state index in [2.05, 4.69) is 29.0 Å². The molecule has 0 spiro atoms. The minimum Gasteiger partial charge on any atom is -0.469 e. The van der Waals surface area contributed by atoms with E-state index >= 15 is 0 Å². The average molecular weight is 309 g/mol. The highest BCUT2D eigenvalue weighted by Gasteiger charge is 1.99. The number of hydrogen-bond donors (Lipinski definition) is 0. The van der Waals surface area contributed by atoms with E-state index in [9.17, 15) is 4.79 Å². The van der Waals surface area contributed by atoms with Gasteiger partial charge in [-0.05, 0) is 26.2 Å². The fourth-order valence-corrected chi connectivity index (χ4v) is 2.51. The van der Waals surface area contributed by atoms with Crippen LogP contribution in [-0.4, -0.2) is 13.1 Å². The lowest BCUT2D eigenvalue weighted by Gasteiger charge is -2.02. The molecule has 0 heterocycles. The lowest BCUT2D eigenvalue weighted by molar-refractivity contribution is -0.140. The van der Waals surface area contributed by atoms with Gasteiger partial charge in [-0.15, -0.1) is 0 Å². The predicted octanol–water partition coefficient (Wildman–Crippen LogP) is 6.36. The summed E-state index contributed by atoms with van der Waals surface area (Å²) in [6.45, 7) is 2.05. The van der Waals surface area contributed by atoms with Crippen molar-refractivity contribution in [3.8, 4) is 0 Å². The van der Waals surface area contributed by atoms with Crippen molar-refractivity contribution < 1.29 is 9.53 Å². The molecular formula is C20H36O2. The zero-order chi connectivity index (χ0) is 16.3. The van der Waals surface area contributed by atoms with Gasteiger partial charge in [0.15, 0.2) is 0 Å². The molecule has 0 amide bonds. The molecule has 0 atom stereocenters. The van der Waals surface area contributed by atoms with Crippen LogP contribution in [0.5, 0.6) is 0 Å². The fraction of sp³-hybridized carbons (Fsp3) is 0.750. The van der Waals surface area contributed by atoms with Crippen LogP contribution in [0.2, 0.25) is 0 Å². The molecule has 0 unspecified atom stereocenters. The smallest absolute Gasteiger partial charge is 0.305 e. The summed E-state index contributed by atoms with van der Waals surface area (Å²) in [6, 6.07) is 0. The molecule has 0 bridgehead atoms. The van der Waals surface area contributed by atoms with Crippen LogP contribution in [0, 0.1) is 0 Å². The van der Waals surface area contributed by atoms with Crippen LogP contribution in [0.3, 0.4) is 0 Å². The van der Waals surface area contributed by atoms with Gasteiger partial charge in [-0.25, -0.2) is 0 Å². The highest BCUT2D eigenvalue weighted by molar-refractivity contribution is 5.68. The van der Waals surface area contributed by atoms with E-state index in [1.54, 1.807) is 0 Å². The molecule has 0 saturated carbocycles. The van der Waals surface area contributed by atoms with Gasteiger partial charge in [0.05, 0.1) is 7.11 Å². The Hall–Kier alpha value is -1.05. The molecule has 0 aliphatic carbocycles.